The quantitative estimate of drug-likeness (QED) is 0.863. The summed E-state index contributed by atoms with van der Waals surface area (Å²) in [6.07, 6.45) is 1.89. The number of rotatable bonds is 4. The molecule has 1 aliphatic rings. The average molecular weight is 358 g/mol. The van der Waals surface area contributed by atoms with Gasteiger partial charge in [-0.1, -0.05) is 29.3 Å². The third-order valence-electron chi connectivity index (χ3n) is 4.08. The maximum atomic E-state index is 13.7. The lowest BCUT2D eigenvalue weighted by Crippen LogP contribution is -2.30. The topological polar surface area (TPSA) is 66.4 Å². The number of carbonyl (C=O) groups is 2. The lowest BCUT2D eigenvalue weighted by Gasteiger charge is -2.16. The summed E-state index contributed by atoms with van der Waals surface area (Å²) >= 11 is 3.14. The number of amides is 1. The number of carbonyl (C=O) groups excluding carboxylic acids is 1. The fourth-order valence-electron chi connectivity index (χ4n) is 2.86. The number of hydrogen-bond donors (Lipinski definition) is 2. The molecule has 1 amide bonds. The summed E-state index contributed by atoms with van der Waals surface area (Å²) in [6, 6.07) is 4.34. The minimum atomic E-state index is -0.956. The van der Waals surface area contributed by atoms with Crippen LogP contribution in [0.2, 0.25) is 0 Å². The predicted octanol–water partition coefficient (Wildman–Crippen LogP) is 3.66. The molecule has 21 heavy (non-hydrogen) atoms. The Morgan fingerprint density at radius 1 is 1.38 bits per heavy atom. The molecule has 4 nitrogen and oxygen atoms in total. The van der Waals surface area contributed by atoms with Crippen LogP contribution in [0.25, 0.3) is 0 Å². The van der Waals surface area contributed by atoms with Crippen LogP contribution in [0.3, 0.4) is 0 Å². The van der Waals surface area contributed by atoms with Gasteiger partial charge >= 0.3 is 5.97 Å². The zero-order chi connectivity index (χ0) is 15.6. The van der Waals surface area contributed by atoms with E-state index in [-0.39, 0.29) is 11.6 Å². The monoisotopic (exact) mass is 357 g/mol. The van der Waals surface area contributed by atoms with Crippen molar-refractivity contribution in [1.29, 1.82) is 0 Å². The van der Waals surface area contributed by atoms with Crippen LogP contribution in [0.15, 0.2) is 22.7 Å². The van der Waals surface area contributed by atoms with Crippen molar-refractivity contribution in [3.63, 3.8) is 0 Å². The van der Waals surface area contributed by atoms with E-state index in [0.717, 1.165) is 6.42 Å². The Balaban J connectivity index is 2.13. The molecular formula is C15H17BrFNO3. The minimum absolute atomic E-state index is 0.0762. The van der Waals surface area contributed by atoms with Crippen molar-refractivity contribution in [3.05, 3.63) is 28.5 Å². The molecule has 0 spiro atoms. The van der Waals surface area contributed by atoms with E-state index in [2.05, 4.69) is 21.2 Å². The van der Waals surface area contributed by atoms with Gasteiger partial charge in [0.25, 0.3) is 0 Å². The van der Waals surface area contributed by atoms with Gasteiger partial charge in [-0.15, -0.1) is 0 Å². The van der Waals surface area contributed by atoms with Crippen molar-refractivity contribution in [2.45, 2.75) is 26.2 Å². The van der Waals surface area contributed by atoms with E-state index in [4.69, 9.17) is 0 Å². The first kappa shape index (κ1) is 15.9. The molecule has 0 bridgehead atoms. The molecule has 3 atom stereocenters. The van der Waals surface area contributed by atoms with Gasteiger partial charge in [-0.25, -0.2) is 4.39 Å². The van der Waals surface area contributed by atoms with Crippen LogP contribution < -0.4 is 5.32 Å². The summed E-state index contributed by atoms with van der Waals surface area (Å²) in [7, 11) is 0. The van der Waals surface area contributed by atoms with Gasteiger partial charge in [-0.2, -0.15) is 0 Å². The third-order valence-corrected chi connectivity index (χ3v) is 4.57. The molecule has 114 valence electrons. The Morgan fingerprint density at radius 2 is 2.05 bits per heavy atom. The highest BCUT2D eigenvalue weighted by molar-refractivity contribution is 9.10. The molecule has 0 heterocycles. The van der Waals surface area contributed by atoms with E-state index >= 15 is 0 Å². The molecule has 1 aliphatic carbocycles. The van der Waals surface area contributed by atoms with E-state index in [0.29, 0.717) is 17.3 Å². The second kappa shape index (κ2) is 6.56. The van der Waals surface area contributed by atoms with Gasteiger partial charge in [-0.05, 0) is 37.0 Å². The van der Waals surface area contributed by atoms with Gasteiger partial charge in [0.2, 0.25) is 5.91 Å². The Bertz CT molecular complexity index is 564. The normalized spacial score (nSPS) is 24.8. The van der Waals surface area contributed by atoms with E-state index in [1.807, 2.05) is 6.92 Å². The summed E-state index contributed by atoms with van der Waals surface area (Å²) in [5.74, 6) is -2.97. The van der Waals surface area contributed by atoms with Gasteiger partial charge in [0.1, 0.15) is 5.82 Å². The van der Waals surface area contributed by atoms with Gasteiger partial charge in [-0.3, -0.25) is 9.59 Å². The Morgan fingerprint density at radius 3 is 2.62 bits per heavy atom. The lowest BCUT2D eigenvalue weighted by atomic mass is 9.95. The molecular weight excluding hydrogens is 341 g/mol. The first-order chi connectivity index (χ1) is 9.92. The van der Waals surface area contributed by atoms with Crippen LogP contribution in [0.1, 0.15) is 26.2 Å². The third kappa shape index (κ3) is 3.61. The molecule has 0 aliphatic heterocycles. The summed E-state index contributed by atoms with van der Waals surface area (Å²) in [6.45, 7) is 1.98. The number of nitrogens with one attached hydrogen (secondary N) is 1. The van der Waals surface area contributed by atoms with Crippen LogP contribution in [0, 0.1) is 23.6 Å². The number of halogens is 2. The van der Waals surface area contributed by atoms with Crippen LogP contribution in [0.5, 0.6) is 0 Å². The fourth-order valence-corrected chi connectivity index (χ4v) is 3.19. The molecule has 1 fully saturated rings. The van der Waals surface area contributed by atoms with Crippen molar-refractivity contribution in [2.75, 3.05) is 5.32 Å². The van der Waals surface area contributed by atoms with E-state index in [1.54, 1.807) is 6.07 Å². The van der Waals surface area contributed by atoms with E-state index in [9.17, 15) is 19.1 Å². The number of hydrogen-bond acceptors (Lipinski definition) is 2. The summed E-state index contributed by atoms with van der Waals surface area (Å²) < 4.78 is 14.3. The summed E-state index contributed by atoms with van der Waals surface area (Å²) in [5, 5.41) is 11.8. The molecule has 2 rings (SSSR count). The van der Waals surface area contributed by atoms with Crippen molar-refractivity contribution in [3.8, 4) is 0 Å². The van der Waals surface area contributed by atoms with Crippen molar-refractivity contribution < 1.29 is 19.1 Å². The number of carboxylic acid groups (broad SMARTS) is 1. The zero-order valence-electron chi connectivity index (χ0n) is 11.6. The molecule has 2 N–H and O–H groups in total. The fraction of sp³-hybridized carbons (Fsp3) is 0.467. The van der Waals surface area contributed by atoms with Crippen LogP contribution in [-0.2, 0) is 9.59 Å². The second-order valence-corrected chi connectivity index (χ2v) is 6.33. The molecule has 1 aromatic rings. The molecule has 6 heteroatoms. The van der Waals surface area contributed by atoms with Gasteiger partial charge in [0.05, 0.1) is 17.5 Å². The summed E-state index contributed by atoms with van der Waals surface area (Å²) in [4.78, 5) is 23.6. The van der Waals surface area contributed by atoms with Crippen molar-refractivity contribution >= 4 is 33.5 Å². The molecule has 1 saturated carbocycles. The zero-order valence-corrected chi connectivity index (χ0v) is 13.2. The molecule has 1 aromatic carbocycles. The van der Waals surface area contributed by atoms with Gasteiger partial charge in [0.15, 0.2) is 0 Å². The van der Waals surface area contributed by atoms with Crippen LogP contribution in [0.4, 0.5) is 10.1 Å². The van der Waals surface area contributed by atoms with Gasteiger partial charge in [0, 0.05) is 4.47 Å². The number of carboxylic acids is 1. The maximum Gasteiger partial charge on any atom is 0.307 e. The first-order valence-corrected chi connectivity index (χ1v) is 7.70. The molecule has 0 saturated heterocycles. The van der Waals surface area contributed by atoms with Gasteiger partial charge < -0.3 is 10.4 Å². The van der Waals surface area contributed by atoms with Crippen molar-refractivity contribution in [2.24, 2.45) is 17.8 Å². The van der Waals surface area contributed by atoms with E-state index < -0.39 is 29.5 Å². The maximum absolute atomic E-state index is 13.7. The summed E-state index contributed by atoms with van der Waals surface area (Å²) in [5.41, 5.74) is 0.0762. The van der Waals surface area contributed by atoms with Crippen molar-refractivity contribution in [1.82, 2.24) is 0 Å². The van der Waals surface area contributed by atoms with Crippen LogP contribution in [-0.4, -0.2) is 17.0 Å². The highest BCUT2D eigenvalue weighted by Gasteiger charge is 2.42. The smallest absolute Gasteiger partial charge is 0.307 e. The number of benzene rings is 1. The Labute approximate surface area is 130 Å². The molecule has 0 aromatic heterocycles. The lowest BCUT2D eigenvalue weighted by molar-refractivity contribution is -0.145. The van der Waals surface area contributed by atoms with E-state index in [1.165, 1.54) is 12.1 Å². The van der Waals surface area contributed by atoms with Crippen LogP contribution >= 0.6 is 15.9 Å². The minimum Gasteiger partial charge on any atom is -0.481 e. The second-order valence-electron chi connectivity index (χ2n) is 5.41. The highest BCUT2D eigenvalue weighted by atomic mass is 79.9. The predicted molar refractivity (Wildman–Crippen MR) is 80.4 cm³/mol. The number of anilines is 1. The highest BCUT2D eigenvalue weighted by Crippen LogP contribution is 2.39. The number of aliphatic carboxylic acids is 1. The SMILES string of the molecule is CCC1C[C@H](C(=O)Nc2ccc(Br)cc2F)[C@H](C(=O)O)C1. The average Bonchev–Trinajstić information content (AvgIpc) is 2.86. The standard InChI is InChI=1S/C15H17BrFNO3/c1-2-8-5-10(11(6-8)15(20)21)14(19)18-13-4-3-9(16)7-12(13)17/h3-4,7-8,10-11H,2,5-6H2,1H3,(H,18,19)(H,20,21)/t8?,10-,11+/m0/s1. The first-order valence-electron chi connectivity index (χ1n) is 6.91. The largest absolute Gasteiger partial charge is 0.481 e. The Hall–Kier alpha value is -1.43. The molecule has 0 radical (unpaired) electrons. The molecule has 1 unspecified atom stereocenters. The Kier molecular flexibility index (Phi) is 4.98.